The fraction of sp³-hybridized carbons (Fsp3) is 1.00. The van der Waals surface area contributed by atoms with Gasteiger partial charge in [0.05, 0.1) is 0 Å². The molecule has 0 rings (SSSR count). The van der Waals surface area contributed by atoms with Crippen molar-refractivity contribution in [2.24, 2.45) is 0 Å². The summed E-state index contributed by atoms with van der Waals surface area (Å²) in [6.45, 7) is 6.04. The van der Waals surface area contributed by atoms with E-state index in [1.165, 1.54) is 4.31 Å². The fourth-order valence-corrected chi connectivity index (χ4v) is 2.77. The van der Waals surface area contributed by atoms with Crippen molar-refractivity contribution in [3.8, 4) is 0 Å². The quantitative estimate of drug-likeness (QED) is 0.556. The first-order valence-corrected chi connectivity index (χ1v) is 9.16. The first-order valence-electron chi connectivity index (χ1n) is 6.33. The Kier molecular flexibility index (Phi) is 10.1. The number of rotatable bonds is 11. The third kappa shape index (κ3) is 9.16. The lowest BCUT2D eigenvalue weighted by atomic mass is 10.3. The Bertz CT molecular complexity index is 295. The van der Waals surface area contributed by atoms with Crippen LogP contribution < -0.4 is 10.0 Å². The normalized spacial score (nSPS) is 12.6. The van der Waals surface area contributed by atoms with Gasteiger partial charge >= 0.3 is 0 Å². The molecule has 2 N–H and O–H groups in total. The van der Waals surface area contributed by atoms with E-state index in [0.29, 0.717) is 19.1 Å². The van der Waals surface area contributed by atoms with E-state index in [0.717, 1.165) is 25.1 Å². The number of nitrogens with one attached hydrogen (secondary N) is 2. The summed E-state index contributed by atoms with van der Waals surface area (Å²) >= 11 is 1.72. The van der Waals surface area contributed by atoms with Gasteiger partial charge in [0.25, 0.3) is 10.2 Å². The molecule has 0 saturated heterocycles. The Labute approximate surface area is 116 Å². The second-order valence-corrected chi connectivity index (χ2v) is 7.38. The molecular formula is C11H27N3O2S2. The van der Waals surface area contributed by atoms with E-state index in [1.807, 2.05) is 6.26 Å². The first kappa shape index (κ1) is 18.2. The van der Waals surface area contributed by atoms with Gasteiger partial charge in [0.2, 0.25) is 0 Å². The van der Waals surface area contributed by atoms with Gasteiger partial charge in [-0.15, -0.1) is 0 Å². The third-order valence-corrected chi connectivity index (χ3v) is 4.69. The Morgan fingerprint density at radius 2 is 1.89 bits per heavy atom. The van der Waals surface area contributed by atoms with Crippen LogP contribution >= 0.6 is 11.8 Å². The Morgan fingerprint density at radius 3 is 2.44 bits per heavy atom. The molecule has 0 unspecified atom stereocenters. The number of thioether (sulfide) groups is 1. The highest BCUT2D eigenvalue weighted by Crippen LogP contribution is 1.98. The van der Waals surface area contributed by atoms with Gasteiger partial charge in [-0.05, 0) is 31.4 Å². The molecule has 0 aliphatic rings. The van der Waals surface area contributed by atoms with Gasteiger partial charge < -0.3 is 5.32 Å². The molecule has 0 aromatic rings. The molecule has 0 atom stereocenters. The third-order valence-electron chi connectivity index (χ3n) is 2.42. The van der Waals surface area contributed by atoms with E-state index in [4.69, 9.17) is 0 Å². The van der Waals surface area contributed by atoms with Crippen LogP contribution in [0.4, 0.5) is 0 Å². The van der Waals surface area contributed by atoms with Gasteiger partial charge in [-0.25, -0.2) is 4.72 Å². The molecular weight excluding hydrogens is 270 g/mol. The summed E-state index contributed by atoms with van der Waals surface area (Å²) in [6.07, 6.45) is 3.70. The van der Waals surface area contributed by atoms with Gasteiger partial charge in [0, 0.05) is 26.2 Å². The van der Waals surface area contributed by atoms with E-state index in [9.17, 15) is 8.42 Å². The van der Waals surface area contributed by atoms with Crippen LogP contribution in [-0.2, 0) is 10.2 Å². The molecule has 0 aromatic heterocycles. The Morgan fingerprint density at radius 1 is 1.22 bits per heavy atom. The zero-order valence-electron chi connectivity index (χ0n) is 11.9. The number of hydrogen-bond acceptors (Lipinski definition) is 4. The molecule has 0 radical (unpaired) electrons. The summed E-state index contributed by atoms with van der Waals surface area (Å²) in [5.41, 5.74) is 0. The molecule has 0 bridgehead atoms. The van der Waals surface area contributed by atoms with Crippen LogP contribution in [0.3, 0.4) is 0 Å². The van der Waals surface area contributed by atoms with E-state index in [2.05, 4.69) is 23.9 Å². The van der Waals surface area contributed by atoms with Crippen LogP contribution in [0.2, 0.25) is 0 Å². The SMILES string of the molecule is CSCCCNS(=O)(=O)N(C)CCCNC(C)C. The summed E-state index contributed by atoms with van der Waals surface area (Å²) in [5, 5.41) is 3.27. The summed E-state index contributed by atoms with van der Waals surface area (Å²) < 4.78 is 27.6. The topological polar surface area (TPSA) is 61.4 Å². The summed E-state index contributed by atoms with van der Waals surface area (Å²) in [7, 11) is -1.68. The van der Waals surface area contributed by atoms with Crippen molar-refractivity contribution in [2.75, 3.05) is 38.7 Å². The molecule has 0 aliphatic heterocycles. The van der Waals surface area contributed by atoms with E-state index in [1.54, 1.807) is 18.8 Å². The minimum atomic E-state index is -3.30. The predicted octanol–water partition coefficient (Wildman–Crippen LogP) is 0.894. The average molecular weight is 297 g/mol. The number of hydrogen-bond donors (Lipinski definition) is 2. The van der Waals surface area contributed by atoms with Gasteiger partial charge in [0.1, 0.15) is 0 Å². The van der Waals surface area contributed by atoms with Crippen LogP contribution in [0.1, 0.15) is 26.7 Å². The van der Waals surface area contributed by atoms with E-state index < -0.39 is 10.2 Å². The highest BCUT2D eigenvalue weighted by molar-refractivity contribution is 7.98. The maximum atomic E-state index is 11.8. The predicted molar refractivity (Wildman–Crippen MR) is 80.3 cm³/mol. The Balaban J connectivity index is 3.81. The second kappa shape index (κ2) is 10.0. The standard InChI is InChI=1S/C11H27N3O2S2/c1-11(2)12-7-5-9-14(3)18(15,16)13-8-6-10-17-4/h11-13H,5-10H2,1-4H3. The maximum absolute atomic E-state index is 11.8. The van der Waals surface area contributed by atoms with Gasteiger partial charge in [-0.1, -0.05) is 13.8 Å². The first-order chi connectivity index (χ1) is 8.40. The molecule has 7 heteroatoms. The average Bonchev–Trinajstić information content (AvgIpc) is 2.29. The van der Waals surface area contributed by atoms with Gasteiger partial charge in [0.15, 0.2) is 0 Å². The molecule has 110 valence electrons. The van der Waals surface area contributed by atoms with Crippen molar-refractivity contribution in [1.82, 2.24) is 14.3 Å². The van der Waals surface area contributed by atoms with E-state index >= 15 is 0 Å². The minimum Gasteiger partial charge on any atom is -0.314 e. The fourth-order valence-electron chi connectivity index (χ4n) is 1.34. The molecule has 0 aromatic carbocycles. The van der Waals surface area contributed by atoms with Crippen LogP contribution in [0, 0.1) is 0 Å². The largest absolute Gasteiger partial charge is 0.314 e. The van der Waals surface area contributed by atoms with Crippen molar-refractivity contribution in [3.05, 3.63) is 0 Å². The lowest BCUT2D eigenvalue weighted by Crippen LogP contribution is -2.40. The van der Waals surface area contributed by atoms with Crippen LogP contribution in [0.5, 0.6) is 0 Å². The van der Waals surface area contributed by atoms with Crippen LogP contribution in [0.15, 0.2) is 0 Å². The molecule has 0 saturated carbocycles. The lowest BCUT2D eigenvalue weighted by Gasteiger charge is -2.18. The zero-order valence-corrected chi connectivity index (χ0v) is 13.5. The smallest absolute Gasteiger partial charge is 0.279 e. The number of nitrogens with zero attached hydrogens (tertiary/aromatic N) is 1. The maximum Gasteiger partial charge on any atom is 0.279 e. The molecule has 0 aliphatic carbocycles. The summed E-state index contributed by atoms with van der Waals surface area (Å²) in [4.78, 5) is 0. The molecule has 18 heavy (non-hydrogen) atoms. The molecule has 0 heterocycles. The second-order valence-electron chi connectivity index (χ2n) is 4.53. The highest BCUT2D eigenvalue weighted by Gasteiger charge is 2.15. The summed E-state index contributed by atoms with van der Waals surface area (Å²) in [6, 6.07) is 0.441. The van der Waals surface area contributed by atoms with E-state index in [-0.39, 0.29) is 0 Å². The van der Waals surface area contributed by atoms with Crippen molar-refractivity contribution in [3.63, 3.8) is 0 Å². The minimum absolute atomic E-state index is 0.441. The van der Waals surface area contributed by atoms with Crippen LogP contribution in [0.25, 0.3) is 0 Å². The van der Waals surface area contributed by atoms with Gasteiger partial charge in [-0.2, -0.15) is 24.5 Å². The Hall–Kier alpha value is 0.180. The van der Waals surface area contributed by atoms with Crippen molar-refractivity contribution >= 4 is 22.0 Å². The summed E-state index contributed by atoms with van der Waals surface area (Å²) in [5.74, 6) is 0.977. The molecule has 0 amide bonds. The molecule has 0 fully saturated rings. The van der Waals surface area contributed by atoms with Gasteiger partial charge in [-0.3, -0.25) is 0 Å². The highest BCUT2D eigenvalue weighted by atomic mass is 32.2. The van der Waals surface area contributed by atoms with Crippen molar-refractivity contribution < 1.29 is 8.42 Å². The van der Waals surface area contributed by atoms with Crippen molar-refractivity contribution in [1.29, 1.82) is 0 Å². The lowest BCUT2D eigenvalue weighted by molar-refractivity contribution is 0.439. The molecule has 0 spiro atoms. The molecule has 5 nitrogen and oxygen atoms in total. The van der Waals surface area contributed by atoms with Crippen LogP contribution in [-0.4, -0.2) is 57.5 Å². The monoisotopic (exact) mass is 297 g/mol. The van der Waals surface area contributed by atoms with Crippen molar-refractivity contribution in [2.45, 2.75) is 32.7 Å². The zero-order chi connectivity index (χ0) is 14.0.